The number of aliphatic hydroxyl groups excluding tert-OH is 1. The molecule has 1 aromatic rings. The third kappa shape index (κ3) is 2.55. The van der Waals surface area contributed by atoms with Crippen LogP contribution in [0.15, 0.2) is 12.3 Å². The normalized spacial score (nSPS) is 12.5. The fourth-order valence-corrected chi connectivity index (χ4v) is 0.880. The smallest absolute Gasteiger partial charge is 0.272 e. The van der Waals surface area contributed by atoms with Crippen LogP contribution in [-0.2, 0) is 7.05 Å². The van der Waals surface area contributed by atoms with Gasteiger partial charge >= 0.3 is 0 Å². The zero-order valence-corrected chi connectivity index (χ0v) is 7.69. The van der Waals surface area contributed by atoms with Crippen LogP contribution in [0.25, 0.3) is 0 Å². The summed E-state index contributed by atoms with van der Waals surface area (Å²) in [5, 5.41) is 15.2. The number of aryl methyl sites for hydroxylation is 1. The van der Waals surface area contributed by atoms with Crippen molar-refractivity contribution in [2.45, 2.75) is 13.0 Å². The Morgan fingerprint density at radius 3 is 3.00 bits per heavy atom. The van der Waals surface area contributed by atoms with Crippen molar-refractivity contribution in [3.63, 3.8) is 0 Å². The van der Waals surface area contributed by atoms with E-state index in [1.807, 2.05) is 0 Å². The van der Waals surface area contributed by atoms with E-state index in [9.17, 15) is 4.79 Å². The highest BCUT2D eigenvalue weighted by atomic mass is 16.3. The van der Waals surface area contributed by atoms with Crippen LogP contribution in [-0.4, -0.2) is 33.4 Å². The maximum absolute atomic E-state index is 11.3. The Hall–Kier alpha value is -1.36. The lowest BCUT2D eigenvalue weighted by Gasteiger charge is -2.08. The number of amides is 1. The molecule has 5 heteroatoms. The number of rotatable bonds is 3. The quantitative estimate of drug-likeness (QED) is 0.665. The van der Waals surface area contributed by atoms with Crippen LogP contribution in [0.3, 0.4) is 0 Å². The van der Waals surface area contributed by atoms with Crippen LogP contribution in [0.4, 0.5) is 0 Å². The van der Waals surface area contributed by atoms with Gasteiger partial charge in [0.15, 0.2) is 0 Å². The van der Waals surface area contributed by atoms with Gasteiger partial charge in [-0.05, 0) is 13.0 Å². The highest BCUT2D eigenvalue weighted by Gasteiger charge is 2.10. The van der Waals surface area contributed by atoms with E-state index in [1.54, 1.807) is 30.9 Å². The predicted octanol–water partition coefficient (Wildman–Crippen LogP) is -0.469. The molecule has 1 atom stereocenters. The first kappa shape index (κ1) is 9.73. The predicted molar refractivity (Wildman–Crippen MR) is 47.2 cm³/mol. The molecule has 0 bridgehead atoms. The van der Waals surface area contributed by atoms with Crippen LogP contribution in [0.1, 0.15) is 17.4 Å². The largest absolute Gasteiger partial charge is 0.394 e. The first-order valence-electron chi connectivity index (χ1n) is 4.05. The third-order valence-corrected chi connectivity index (χ3v) is 1.60. The van der Waals surface area contributed by atoms with E-state index in [1.165, 1.54) is 0 Å². The van der Waals surface area contributed by atoms with Crippen LogP contribution in [0.5, 0.6) is 0 Å². The molecule has 2 N–H and O–H groups in total. The molecule has 0 aliphatic carbocycles. The van der Waals surface area contributed by atoms with E-state index in [0.717, 1.165) is 0 Å². The van der Waals surface area contributed by atoms with Gasteiger partial charge in [0.1, 0.15) is 5.69 Å². The summed E-state index contributed by atoms with van der Waals surface area (Å²) in [6, 6.07) is 1.38. The maximum atomic E-state index is 11.3. The average Bonchev–Trinajstić information content (AvgIpc) is 2.51. The van der Waals surface area contributed by atoms with Crippen LogP contribution < -0.4 is 5.32 Å². The Bertz CT molecular complexity index is 295. The standard InChI is InChI=1S/C8H13N3O2/c1-6(5-12)9-8(13)7-3-4-11(2)10-7/h3-4,6,12H,5H2,1-2H3,(H,9,13)/t6-/m0/s1. The second-order valence-corrected chi connectivity index (χ2v) is 2.93. The number of aliphatic hydroxyl groups is 1. The van der Waals surface area contributed by atoms with Crippen molar-refractivity contribution < 1.29 is 9.90 Å². The van der Waals surface area contributed by atoms with Gasteiger partial charge in [-0.25, -0.2) is 0 Å². The molecule has 0 aliphatic heterocycles. The van der Waals surface area contributed by atoms with Gasteiger partial charge < -0.3 is 10.4 Å². The van der Waals surface area contributed by atoms with Crippen molar-refractivity contribution in [3.05, 3.63) is 18.0 Å². The molecule has 0 saturated heterocycles. The molecule has 0 saturated carbocycles. The Labute approximate surface area is 76.4 Å². The topological polar surface area (TPSA) is 67.2 Å². The highest BCUT2D eigenvalue weighted by molar-refractivity contribution is 5.92. The first-order valence-corrected chi connectivity index (χ1v) is 4.05. The van der Waals surface area contributed by atoms with Gasteiger partial charge in [-0.1, -0.05) is 0 Å². The molecule has 1 rings (SSSR count). The second-order valence-electron chi connectivity index (χ2n) is 2.93. The van der Waals surface area contributed by atoms with Crippen molar-refractivity contribution in [2.75, 3.05) is 6.61 Å². The minimum atomic E-state index is -0.262. The summed E-state index contributed by atoms with van der Waals surface area (Å²) in [6.45, 7) is 1.65. The zero-order chi connectivity index (χ0) is 9.84. The molecule has 1 heterocycles. The Morgan fingerprint density at radius 1 is 1.85 bits per heavy atom. The van der Waals surface area contributed by atoms with Crippen molar-refractivity contribution in [1.29, 1.82) is 0 Å². The molecule has 0 unspecified atom stereocenters. The number of hydrogen-bond acceptors (Lipinski definition) is 3. The van der Waals surface area contributed by atoms with Crippen molar-refractivity contribution in [1.82, 2.24) is 15.1 Å². The number of carbonyl (C=O) groups is 1. The third-order valence-electron chi connectivity index (χ3n) is 1.60. The number of nitrogens with zero attached hydrogens (tertiary/aromatic N) is 2. The van der Waals surface area contributed by atoms with Gasteiger partial charge in [-0.15, -0.1) is 0 Å². The van der Waals surface area contributed by atoms with E-state index in [-0.39, 0.29) is 18.6 Å². The van der Waals surface area contributed by atoms with E-state index in [0.29, 0.717) is 5.69 Å². The Balaban J connectivity index is 2.58. The molecular formula is C8H13N3O2. The van der Waals surface area contributed by atoms with E-state index < -0.39 is 0 Å². The summed E-state index contributed by atoms with van der Waals surface area (Å²) < 4.78 is 1.55. The molecule has 0 radical (unpaired) electrons. The molecule has 0 fully saturated rings. The van der Waals surface area contributed by atoms with Gasteiger partial charge in [-0.3, -0.25) is 9.48 Å². The molecule has 1 aromatic heterocycles. The van der Waals surface area contributed by atoms with Crippen molar-refractivity contribution >= 4 is 5.91 Å². The molecule has 0 aliphatic rings. The summed E-state index contributed by atoms with van der Waals surface area (Å²) in [4.78, 5) is 11.3. The zero-order valence-electron chi connectivity index (χ0n) is 7.69. The molecule has 1 amide bonds. The summed E-state index contributed by atoms with van der Waals surface area (Å²) in [5.41, 5.74) is 0.364. The van der Waals surface area contributed by atoms with E-state index in [4.69, 9.17) is 5.11 Å². The number of nitrogens with one attached hydrogen (secondary N) is 1. The highest BCUT2D eigenvalue weighted by Crippen LogP contribution is 1.94. The minimum absolute atomic E-state index is 0.0709. The average molecular weight is 183 g/mol. The van der Waals surface area contributed by atoms with Crippen LogP contribution >= 0.6 is 0 Å². The molecule has 13 heavy (non-hydrogen) atoms. The summed E-state index contributed by atoms with van der Waals surface area (Å²) >= 11 is 0. The van der Waals surface area contributed by atoms with Gasteiger partial charge in [0, 0.05) is 19.3 Å². The molecule has 0 aromatic carbocycles. The van der Waals surface area contributed by atoms with Crippen molar-refractivity contribution in [3.8, 4) is 0 Å². The fourth-order valence-electron chi connectivity index (χ4n) is 0.880. The molecule has 72 valence electrons. The van der Waals surface area contributed by atoms with E-state index in [2.05, 4.69) is 10.4 Å². The lowest BCUT2D eigenvalue weighted by atomic mass is 10.3. The SMILES string of the molecule is C[C@@H](CO)NC(=O)c1ccn(C)n1. The summed E-state index contributed by atoms with van der Waals surface area (Å²) in [7, 11) is 1.74. The lowest BCUT2D eigenvalue weighted by Crippen LogP contribution is -2.35. The number of carbonyl (C=O) groups excluding carboxylic acids is 1. The van der Waals surface area contributed by atoms with Gasteiger partial charge in [0.25, 0.3) is 5.91 Å². The Kier molecular flexibility index (Phi) is 3.02. The van der Waals surface area contributed by atoms with E-state index >= 15 is 0 Å². The summed E-state index contributed by atoms with van der Waals surface area (Å²) in [6.07, 6.45) is 1.69. The lowest BCUT2D eigenvalue weighted by molar-refractivity contribution is 0.0916. The maximum Gasteiger partial charge on any atom is 0.272 e. The van der Waals surface area contributed by atoms with Crippen LogP contribution in [0, 0.1) is 0 Å². The van der Waals surface area contributed by atoms with Gasteiger partial charge in [-0.2, -0.15) is 5.10 Å². The second kappa shape index (κ2) is 4.04. The minimum Gasteiger partial charge on any atom is -0.394 e. The molecule has 5 nitrogen and oxygen atoms in total. The summed E-state index contributed by atoms with van der Waals surface area (Å²) in [5.74, 6) is -0.262. The molecule has 0 spiro atoms. The molecular weight excluding hydrogens is 170 g/mol. The van der Waals surface area contributed by atoms with Gasteiger partial charge in [0.2, 0.25) is 0 Å². The monoisotopic (exact) mass is 183 g/mol. The Morgan fingerprint density at radius 2 is 2.54 bits per heavy atom. The number of aromatic nitrogens is 2. The first-order chi connectivity index (χ1) is 6.13. The van der Waals surface area contributed by atoms with Crippen LogP contribution in [0.2, 0.25) is 0 Å². The fraction of sp³-hybridized carbons (Fsp3) is 0.500. The number of hydrogen-bond donors (Lipinski definition) is 2. The van der Waals surface area contributed by atoms with Crippen molar-refractivity contribution in [2.24, 2.45) is 7.05 Å². The van der Waals surface area contributed by atoms with Gasteiger partial charge in [0.05, 0.1) is 6.61 Å².